The number of piperidine rings is 1. The zero-order valence-electron chi connectivity index (χ0n) is 15.5. The number of hydrogen-bond donors (Lipinski definition) is 1. The molecule has 0 aliphatic carbocycles. The van der Waals surface area contributed by atoms with Crippen molar-refractivity contribution in [3.8, 4) is 5.13 Å². The second kappa shape index (κ2) is 8.81. The van der Waals surface area contributed by atoms with Crippen LogP contribution in [0.2, 0.25) is 0 Å². The number of nitrogens with one attached hydrogen (secondary N) is 1. The third-order valence-electron chi connectivity index (χ3n) is 5.04. The van der Waals surface area contributed by atoms with Crippen LogP contribution in [0.3, 0.4) is 0 Å². The molecule has 2 aliphatic rings. The summed E-state index contributed by atoms with van der Waals surface area (Å²) in [5.74, 6) is -0.0806. The van der Waals surface area contributed by atoms with Gasteiger partial charge in [-0.15, -0.1) is 10.2 Å². The molecule has 0 atom stereocenters. The molecule has 2 saturated heterocycles. The highest BCUT2D eigenvalue weighted by atomic mass is 32.1. The molecule has 0 spiro atoms. The molecule has 8 nitrogen and oxygen atoms in total. The Balaban J connectivity index is 1.37. The van der Waals surface area contributed by atoms with Crippen molar-refractivity contribution >= 4 is 22.4 Å². The molecule has 0 aromatic carbocycles. The van der Waals surface area contributed by atoms with Gasteiger partial charge in [0.1, 0.15) is 5.69 Å². The van der Waals surface area contributed by atoms with Crippen LogP contribution < -0.4 is 10.2 Å². The Hall–Kier alpha value is -1.97. The predicted octanol–water partition coefficient (Wildman–Crippen LogP) is 1.38. The lowest BCUT2D eigenvalue weighted by Gasteiger charge is -2.26. The normalized spacial score (nSPS) is 18.6. The van der Waals surface area contributed by atoms with Gasteiger partial charge in [-0.1, -0.05) is 11.3 Å². The van der Waals surface area contributed by atoms with Gasteiger partial charge in [-0.3, -0.25) is 14.3 Å². The average molecular weight is 391 g/mol. The van der Waals surface area contributed by atoms with Crippen molar-refractivity contribution in [2.24, 2.45) is 0 Å². The Labute approximate surface area is 163 Å². The second-order valence-electron chi connectivity index (χ2n) is 6.89. The van der Waals surface area contributed by atoms with Gasteiger partial charge in [0.05, 0.1) is 13.2 Å². The lowest BCUT2D eigenvalue weighted by atomic mass is 10.1. The van der Waals surface area contributed by atoms with Crippen molar-refractivity contribution in [1.82, 2.24) is 25.0 Å². The van der Waals surface area contributed by atoms with Crippen molar-refractivity contribution in [1.29, 1.82) is 0 Å². The van der Waals surface area contributed by atoms with E-state index in [1.807, 2.05) is 22.9 Å². The second-order valence-corrected chi connectivity index (χ2v) is 7.82. The Morgan fingerprint density at radius 1 is 1.11 bits per heavy atom. The molecule has 4 heterocycles. The molecule has 2 aromatic heterocycles. The highest BCUT2D eigenvalue weighted by Crippen LogP contribution is 2.26. The van der Waals surface area contributed by atoms with Crippen LogP contribution in [-0.2, 0) is 4.74 Å². The first-order valence-corrected chi connectivity index (χ1v) is 10.5. The molecule has 0 bridgehead atoms. The first-order valence-electron chi connectivity index (χ1n) is 9.66. The van der Waals surface area contributed by atoms with Crippen LogP contribution in [0.5, 0.6) is 0 Å². The smallest absolute Gasteiger partial charge is 0.268 e. The van der Waals surface area contributed by atoms with Crippen molar-refractivity contribution in [3.63, 3.8) is 0 Å². The van der Waals surface area contributed by atoms with E-state index in [9.17, 15) is 4.79 Å². The Morgan fingerprint density at radius 2 is 1.89 bits per heavy atom. The highest BCUT2D eigenvalue weighted by Gasteiger charge is 2.19. The van der Waals surface area contributed by atoms with Crippen LogP contribution in [0.4, 0.5) is 5.13 Å². The minimum Gasteiger partial charge on any atom is -0.379 e. The van der Waals surface area contributed by atoms with Gasteiger partial charge in [0, 0.05) is 45.5 Å². The van der Waals surface area contributed by atoms with E-state index in [2.05, 4.69) is 25.3 Å². The van der Waals surface area contributed by atoms with Crippen molar-refractivity contribution in [2.45, 2.75) is 19.3 Å². The van der Waals surface area contributed by atoms with Crippen LogP contribution >= 0.6 is 11.3 Å². The summed E-state index contributed by atoms with van der Waals surface area (Å²) in [5, 5.41) is 13.4. The van der Waals surface area contributed by atoms with E-state index in [4.69, 9.17) is 4.74 Å². The van der Waals surface area contributed by atoms with Gasteiger partial charge in [-0.05, 0) is 31.4 Å². The van der Waals surface area contributed by atoms with Crippen molar-refractivity contribution < 1.29 is 9.53 Å². The van der Waals surface area contributed by atoms with E-state index >= 15 is 0 Å². The number of anilines is 1. The van der Waals surface area contributed by atoms with Crippen molar-refractivity contribution in [2.75, 3.05) is 57.4 Å². The van der Waals surface area contributed by atoms with Gasteiger partial charge in [-0.2, -0.15) is 0 Å². The minimum absolute atomic E-state index is 0.0806. The zero-order valence-corrected chi connectivity index (χ0v) is 16.3. The Bertz CT molecular complexity index is 749. The number of rotatable bonds is 6. The molecular weight excluding hydrogens is 364 g/mol. The van der Waals surface area contributed by atoms with Crippen LogP contribution in [0.15, 0.2) is 18.3 Å². The van der Waals surface area contributed by atoms with Gasteiger partial charge in [-0.25, -0.2) is 0 Å². The summed E-state index contributed by atoms with van der Waals surface area (Å²) < 4.78 is 7.18. The summed E-state index contributed by atoms with van der Waals surface area (Å²) in [5.41, 5.74) is 0.596. The van der Waals surface area contributed by atoms with Crippen LogP contribution in [0.25, 0.3) is 5.13 Å². The van der Waals surface area contributed by atoms with E-state index in [1.54, 1.807) is 0 Å². The first-order chi connectivity index (χ1) is 13.3. The molecule has 0 unspecified atom stereocenters. The quantitative estimate of drug-likeness (QED) is 0.803. The first kappa shape index (κ1) is 18.4. The third-order valence-corrected chi connectivity index (χ3v) is 6.02. The fourth-order valence-electron chi connectivity index (χ4n) is 3.49. The van der Waals surface area contributed by atoms with Gasteiger partial charge in [0.2, 0.25) is 10.3 Å². The van der Waals surface area contributed by atoms with Crippen molar-refractivity contribution in [3.05, 3.63) is 24.0 Å². The summed E-state index contributed by atoms with van der Waals surface area (Å²) in [6.07, 6.45) is 5.57. The maximum absolute atomic E-state index is 12.6. The third kappa shape index (κ3) is 4.48. The average Bonchev–Trinajstić information content (AvgIpc) is 3.39. The van der Waals surface area contributed by atoms with E-state index in [0.717, 1.165) is 56.2 Å². The maximum atomic E-state index is 12.6. The topological polar surface area (TPSA) is 75.5 Å². The Kier molecular flexibility index (Phi) is 6.00. The molecule has 0 saturated carbocycles. The molecule has 9 heteroatoms. The molecule has 1 amide bonds. The van der Waals surface area contributed by atoms with Gasteiger partial charge >= 0.3 is 0 Å². The number of hydrogen-bond acceptors (Lipinski definition) is 7. The number of carbonyl (C=O) groups excluding carboxylic acids is 1. The number of morpholine rings is 1. The predicted molar refractivity (Wildman–Crippen MR) is 105 cm³/mol. The van der Waals surface area contributed by atoms with E-state index in [-0.39, 0.29) is 5.91 Å². The molecule has 0 radical (unpaired) electrons. The molecule has 2 aliphatic heterocycles. The SMILES string of the molecule is O=C(NCCN1CCOCC1)c1cccn1-c1nnc(N2CCCCC2)s1. The molecular formula is C18H26N6O2S. The number of carbonyl (C=O) groups is 1. The number of aromatic nitrogens is 3. The summed E-state index contributed by atoms with van der Waals surface area (Å²) in [6.45, 7) is 6.93. The summed E-state index contributed by atoms with van der Waals surface area (Å²) >= 11 is 1.54. The standard InChI is InChI=1S/C18H26N6O2S/c25-16(19-6-10-22-11-13-26-14-12-22)15-5-4-9-24(15)18-21-20-17(27-18)23-7-2-1-3-8-23/h4-5,9H,1-3,6-8,10-14H2,(H,19,25). The maximum Gasteiger partial charge on any atom is 0.268 e. The van der Waals surface area contributed by atoms with Crippen LogP contribution in [0, 0.1) is 0 Å². The van der Waals surface area contributed by atoms with Gasteiger partial charge < -0.3 is 15.0 Å². The molecule has 146 valence electrons. The van der Waals surface area contributed by atoms with Crippen LogP contribution in [0.1, 0.15) is 29.8 Å². The fraction of sp³-hybridized carbons (Fsp3) is 0.611. The summed E-state index contributed by atoms with van der Waals surface area (Å²) in [7, 11) is 0. The van der Waals surface area contributed by atoms with Gasteiger partial charge in [0.25, 0.3) is 5.91 Å². The highest BCUT2D eigenvalue weighted by molar-refractivity contribution is 7.17. The van der Waals surface area contributed by atoms with Crippen LogP contribution in [-0.4, -0.2) is 78.1 Å². The van der Waals surface area contributed by atoms with Gasteiger partial charge in [0.15, 0.2) is 0 Å². The van der Waals surface area contributed by atoms with E-state index in [0.29, 0.717) is 12.2 Å². The molecule has 4 rings (SSSR count). The molecule has 27 heavy (non-hydrogen) atoms. The minimum atomic E-state index is -0.0806. The Morgan fingerprint density at radius 3 is 2.70 bits per heavy atom. The number of ether oxygens (including phenoxy) is 1. The fourth-order valence-corrected chi connectivity index (χ4v) is 4.39. The zero-order chi connectivity index (χ0) is 18.5. The van der Waals surface area contributed by atoms with E-state index in [1.165, 1.54) is 30.6 Å². The lowest BCUT2D eigenvalue weighted by Crippen LogP contribution is -2.41. The summed E-state index contributed by atoms with van der Waals surface area (Å²) in [4.78, 5) is 17.2. The largest absolute Gasteiger partial charge is 0.379 e. The molecule has 2 aromatic rings. The lowest BCUT2D eigenvalue weighted by molar-refractivity contribution is 0.0383. The molecule has 2 fully saturated rings. The monoisotopic (exact) mass is 390 g/mol. The number of nitrogens with zero attached hydrogens (tertiary/aromatic N) is 5. The summed E-state index contributed by atoms with van der Waals surface area (Å²) in [6, 6.07) is 3.70. The number of amides is 1. The molecule has 1 N–H and O–H groups in total. The van der Waals surface area contributed by atoms with E-state index < -0.39 is 0 Å².